The molecule has 42 heavy (non-hydrogen) atoms. The zero-order valence-electron chi connectivity index (χ0n) is 23.4. The van der Waals surface area contributed by atoms with Gasteiger partial charge in [-0.3, -0.25) is 4.79 Å². The van der Waals surface area contributed by atoms with E-state index in [1.165, 1.54) is 32.9 Å². The molecule has 0 unspecified atom stereocenters. The molecule has 0 aliphatic heterocycles. The molecule has 3 heteroatoms. The number of aromatic nitrogens is 1. The molecule has 0 N–H and O–H groups in total. The molecule has 0 saturated heterocycles. The van der Waals surface area contributed by atoms with Gasteiger partial charge in [0.25, 0.3) is 0 Å². The minimum absolute atomic E-state index is 0.0111. The molecule has 2 heterocycles. The number of benzene rings is 6. The zero-order valence-corrected chi connectivity index (χ0v) is 23.4. The topological polar surface area (TPSA) is 35.1 Å². The van der Waals surface area contributed by atoms with Crippen LogP contribution in [0.1, 0.15) is 11.1 Å². The summed E-state index contributed by atoms with van der Waals surface area (Å²) in [6.45, 7) is 4.35. The van der Waals surface area contributed by atoms with E-state index in [2.05, 4.69) is 79.1 Å². The molecule has 0 saturated carbocycles. The van der Waals surface area contributed by atoms with Crippen molar-refractivity contribution in [2.45, 2.75) is 13.8 Å². The summed E-state index contributed by atoms with van der Waals surface area (Å²) in [6, 6.07) is 43.5. The van der Waals surface area contributed by atoms with Crippen molar-refractivity contribution in [1.82, 2.24) is 4.57 Å². The van der Waals surface area contributed by atoms with Crippen molar-refractivity contribution in [3.05, 3.63) is 149 Å². The van der Waals surface area contributed by atoms with Crippen LogP contribution in [-0.4, -0.2) is 4.57 Å². The molecule has 0 aliphatic carbocycles. The molecule has 0 fully saturated rings. The molecule has 3 nitrogen and oxygen atoms in total. The number of rotatable bonds is 3. The van der Waals surface area contributed by atoms with Crippen LogP contribution in [0.15, 0.2) is 137 Å². The lowest BCUT2D eigenvalue weighted by Gasteiger charge is -2.12. The molecular weight excluding hydrogens is 514 g/mol. The van der Waals surface area contributed by atoms with Crippen molar-refractivity contribution >= 4 is 43.7 Å². The molecule has 8 aromatic rings. The fraction of sp³-hybridized carbons (Fsp3) is 0.0513. The van der Waals surface area contributed by atoms with E-state index in [1.807, 2.05) is 66.7 Å². The molecule has 0 radical (unpaired) electrons. The van der Waals surface area contributed by atoms with Crippen LogP contribution in [0.4, 0.5) is 0 Å². The third-order valence-electron chi connectivity index (χ3n) is 8.45. The van der Waals surface area contributed by atoms with Crippen LogP contribution in [0.25, 0.3) is 71.7 Å². The highest BCUT2D eigenvalue weighted by Crippen LogP contribution is 2.36. The Balaban J connectivity index is 1.23. The predicted molar refractivity (Wildman–Crippen MR) is 175 cm³/mol. The van der Waals surface area contributed by atoms with Gasteiger partial charge in [-0.1, -0.05) is 91.0 Å². The van der Waals surface area contributed by atoms with Crippen LogP contribution in [0, 0.1) is 13.8 Å². The van der Waals surface area contributed by atoms with Gasteiger partial charge in [0.15, 0.2) is 0 Å². The minimum Gasteiger partial charge on any atom is -0.456 e. The quantitative estimate of drug-likeness (QED) is 0.209. The third kappa shape index (κ3) is 3.71. The second-order valence-electron chi connectivity index (χ2n) is 11.0. The highest BCUT2D eigenvalue weighted by Gasteiger charge is 2.16. The number of hydrogen-bond donors (Lipinski definition) is 0. The first-order valence-corrected chi connectivity index (χ1v) is 14.2. The molecule has 0 amide bonds. The summed E-state index contributed by atoms with van der Waals surface area (Å²) in [6.07, 6.45) is 0. The average Bonchev–Trinajstić information content (AvgIpc) is 3.38. The lowest BCUT2D eigenvalue weighted by Crippen LogP contribution is -2.02. The summed E-state index contributed by atoms with van der Waals surface area (Å²) >= 11 is 0. The number of nitrogens with zero attached hydrogens (tertiary/aromatic N) is 1. The maximum absolute atomic E-state index is 13.5. The smallest absolute Gasteiger partial charge is 0.200 e. The van der Waals surface area contributed by atoms with Gasteiger partial charge in [0.2, 0.25) is 5.43 Å². The van der Waals surface area contributed by atoms with Crippen LogP contribution in [-0.2, 0) is 0 Å². The SMILES string of the molecule is Cc1cccc2c3cccc(C)c3n(-c3ccc(-c4ccc5c(=O)c6cc(-c7ccccc7)ccc6oc5c4)cc3)c12. The van der Waals surface area contributed by atoms with E-state index in [9.17, 15) is 4.79 Å². The first-order valence-electron chi connectivity index (χ1n) is 14.2. The molecular formula is C39H27NO2. The monoisotopic (exact) mass is 541 g/mol. The van der Waals surface area contributed by atoms with Gasteiger partial charge in [-0.05, 0) is 83.6 Å². The van der Waals surface area contributed by atoms with Crippen molar-refractivity contribution in [2.75, 3.05) is 0 Å². The number of fused-ring (bicyclic) bond motifs is 5. The van der Waals surface area contributed by atoms with Gasteiger partial charge < -0.3 is 8.98 Å². The Hall–Kier alpha value is -5.41. The van der Waals surface area contributed by atoms with E-state index in [0.29, 0.717) is 21.9 Å². The zero-order chi connectivity index (χ0) is 28.4. The fourth-order valence-electron chi connectivity index (χ4n) is 6.36. The largest absolute Gasteiger partial charge is 0.456 e. The molecule has 8 rings (SSSR count). The van der Waals surface area contributed by atoms with E-state index >= 15 is 0 Å². The predicted octanol–water partition coefficient (Wildman–Crippen LogP) is 9.99. The Labute approximate surface area is 242 Å². The maximum Gasteiger partial charge on any atom is 0.200 e. The number of para-hydroxylation sites is 2. The van der Waals surface area contributed by atoms with Crippen LogP contribution < -0.4 is 5.43 Å². The first kappa shape index (κ1) is 24.4. The first-order chi connectivity index (χ1) is 20.6. The van der Waals surface area contributed by atoms with Crippen LogP contribution in [0.5, 0.6) is 0 Å². The van der Waals surface area contributed by atoms with Gasteiger partial charge >= 0.3 is 0 Å². The van der Waals surface area contributed by atoms with Crippen molar-refractivity contribution in [1.29, 1.82) is 0 Å². The molecule has 0 spiro atoms. The second-order valence-corrected chi connectivity index (χ2v) is 11.0. The Bertz CT molecular complexity index is 2320. The Morgan fingerprint density at radius 1 is 0.476 bits per heavy atom. The highest BCUT2D eigenvalue weighted by atomic mass is 16.3. The average molecular weight is 542 g/mol. The van der Waals surface area contributed by atoms with Gasteiger partial charge in [-0.25, -0.2) is 0 Å². The van der Waals surface area contributed by atoms with Crippen molar-refractivity contribution in [2.24, 2.45) is 0 Å². The van der Waals surface area contributed by atoms with E-state index in [0.717, 1.165) is 27.9 Å². The Kier molecular flexibility index (Phi) is 5.41. The number of aryl methyl sites for hydroxylation is 2. The van der Waals surface area contributed by atoms with Gasteiger partial charge in [-0.2, -0.15) is 0 Å². The molecule has 0 bridgehead atoms. The van der Waals surface area contributed by atoms with E-state index in [4.69, 9.17) is 4.42 Å². The third-order valence-corrected chi connectivity index (χ3v) is 8.45. The standard InChI is InChI=1S/C39H27NO2/c1-24-8-6-12-31-32-13-7-9-25(2)38(32)40(37(24)31)30-18-14-27(15-19-30)29-16-20-33-36(23-29)42-35-21-17-28(22-34(35)39(33)41)26-10-4-3-5-11-26/h3-23H,1-2H3. The molecule has 6 aromatic carbocycles. The summed E-state index contributed by atoms with van der Waals surface area (Å²) in [7, 11) is 0. The van der Waals surface area contributed by atoms with Gasteiger partial charge in [0, 0.05) is 16.5 Å². The molecule has 0 atom stereocenters. The maximum atomic E-state index is 13.5. The molecule has 0 aliphatic rings. The summed E-state index contributed by atoms with van der Waals surface area (Å²) in [5.74, 6) is 0. The lowest BCUT2D eigenvalue weighted by atomic mass is 10.0. The van der Waals surface area contributed by atoms with E-state index in [-0.39, 0.29) is 5.43 Å². The molecule has 2 aromatic heterocycles. The van der Waals surface area contributed by atoms with E-state index in [1.54, 1.807) is 0 Å². The van der Waals surface area contributed by atoms with Gasteiger partial charge in [0.05, 0.1) is 21.8 Å². The Morgan fingerprint density at radius 3 is 1.76 bits per heavy atom. The van der Waals surface area contributed by atoms with Crippen LogP contribution in [0.2, 0.25) is 0 Å². The van der Waals surface area contributed by atoms with Crippen molar-refractivity contribution in [3.8, 4) is 27.9 Å². The Morgan fingerprint density at radius 2 is 1.07 bits per heavy atom. The summed E-state index contributed by atoms with van der Waals surface area (Å²) in [5.41, 5.74) is 11.4. The van der Waals surface area contributed by atoms with Gasteiger partial charge in [-0.15, -0.1) is 0 Å². The normalized spacial score (nSPS) is 11.7. The van der Waals surface area contributed by atoms with Crippen molar-refractivity contribution in [3.63, 3.8) is 0 Å². The summed E-state index contributed by atoms with van der Waals surface area (Å²) in [4.78, 5) is 13.5. The minimum atomic E-state index is -0.0111. The van der Waals surface area contributed by atoms with Crippen molar-refractivity contribution < 1.29 is 4.42 Å². The number of hydrogen-bond acceptors (Lipinski definition) is 2. The molecule has 200 valence electrons. The van der Waals surface area contributed by atoms with E-state index < -0.39 is 0 Å². The van der Waals surface area contributed by atoms with Crippen LogP contribution >= 0.6 is 0 Å². The lowest BCUT2D eigenvalue weighted by molar-refractivity contribution is 0.660. The summed E-state index contributed by atoms with van der Waals surface area (Å²) < 4.78 is 8.66. The summed E-state index contributed by atoms with van der Waals surface area (Å²) in [5, 5.41) is 3.72. The highest BCUT2D eigenvalue weighted by molar-refractivity contribution is 6.11. The second kappa shape index (κ2) is 9.32. The van der Waals surface area contributed by atoms with Crippen LogP contribution in [0.3, 0.4) is 0 Å². The fourth-order valence-corrected chi connectivity index (χ4v) is 6.36. The van der Waals surface area contributed by atoms with Gasteiger partial charge in [0.1, 0.15) is 11.2 Å².